The highest BCUT2D eigenvalue weighted by Crippen LogP contribution is 2.21. The van der Waals surface area contributed by atoms with Crippen molar-refractivity contribution < 1.29 is 4.74 Å². The Morgan fingerprint density at radius 2 is 2.00 bits per heavy atom. The Morgan fingerprint density at radius 3 is 2.42 bits per heavy atom. The molecule has 2 radical (unpaired) electrons. The first kappa shape index (κ1) is 9.81. The summed E-state index contributed by atoms with van der Waals surface area (Å²) in [6.45, 7) is 8.37. The molecule has 1 unspecified atom stereocenters. The maximum atomic E-state index is 6.15. The number of hydrogen-bond acceptors (Lipinski definition) is 1. The van der Waals surface area contributed by atoms with Crippen molar-refractivity contribution in [3.8, 4) is 0 Å². The van der Waals surface area contributed by atoms with Crippen LogP contribution in [0.4, 0.5) is 0 Å². The van der Waals surface area contributed by atoms with Gasteiger partial charge in [-0.15, -0.1) is 24.6 Å². The van der Waals surface area contributed by atoms with E-state index in [-0.39, 0.29) is 5.73 Å². The lowest BCUT2D eigenvalue weighted by Crippen LogP contribution is -2.48. The van der Waals surface area contributed by atoms with Gasteiger partial charge in [-0.05, 0) is 19.3 Å². The molecular formula is C9H15BOSi. The van der Waals surface area contributed by atoms with E-state index in [1.807, 2.05) is 11.4 Å². The molecule has 0 aromatic heterocycles. The molecule has 0 aliphatic carbocycles. The maximum absolute atomic E-state index is 6.15. The second-order valence-corrected chi connectivity index (χ2v) is 6.72. The van der Waals surface area contributed by atoms with Crippen LogP contribution in [0.2, 0.25) is 0 Å². The molecule has 0 aromatic carbocycles. The molecule has 1 fully saturated rings. The van der Waals surface area contributed by atoms with Gasteiger partial charge in [0.15, 0.2) is 0 Å². The van der Waals surface area contributed by atoms with Crippen molar-refractivity contribution in [2.75, 3.05) is 6.61 Å². The Balaban J connectivity index is 2.63. The second kappa shape index (κ2) is 4.10. The van der Waals surface area contributed by atoms with Gasteiger partial charge < -0.3 is 4.74 Å². The fraction of sp³-hybridized carbons (Fsp3) is 0.556. The molecule has 0 aromatic rings. The van der Waals surface area contributed by atoms with E-state index in [2.05, 4.69) is 13.2 Å². The molecule has 1 aliphatic heterocycles. The smallest absolute Gasteiger partial charge is 0.0861 e. The maximum Gasteiger partial charge on any atom is 0.0861 e. The van der Waals surface area contributed by atoms with E-state index >= 15 is 0 Å². The molecule has 3 heteroatoms. The van der Waals surface area contributed by atoms with Crippen molar-refractivity contribution in [1.29, 1.82) is 0 Å². The van der Waals surface area contributed by atoms with E-state index in [1.165, 1.54) is 6.42 Å². The van der Waals surface area contributed by atoms with Gasteiger partial charge in [-0.1, -0.05) is 0 Å². The number of rotatable bonds is 3. The van der Waals surface area contributed by atoms with Gasteiger partial charge >= 0.3 is 0 Å². The summed E-state index contributed by atoms with van der Waals surface area (Å²) in [5.41, 5.74) is 3.92. The third-order valence-electron chi connectivity index (χ3n) is 2.44. The van der Waals surface area contributed by atoms with Gasteiger partial charge in [0, 0.05) is 12.3 Å². The van der Waals surface area contributed by atoms with Crippen molar-refractivity contribution in [1.82, 2.24) is 0 Å². The summed E-state index contributed by atoms with van der Waals surface area (Å²) in [5, 5.41) is 0. The van der Waals surface area contributed by atoms with Crippen molar-refractivity contribution in [2.45, 2.75) is 25.0 Å². The molecule has 64 valence electrons. The largest absolute Gasteiger partial charge is 0.382 e. The van der Waals surface area contributed by atoms with Crippen LogP contribution in [0.5, 0.6) is 0 Å². The predicted molar refractivity (Wildman–Crippen MR) is 55.5 cm³/mol. The van der Waals surface area contributed by atoms with Gasteiger partial charge in [-0.25, -0.2) is 0 Å². The molecule has 1 atom stereocenters. The van der Waals surface area contributed by atoms with Crippen molar-refractivity contribution in [2.24, 2.45) is 0 Å². The van der Waals surface area contributed by atoms with Gasteiger partial charge in [0.05, 0.1) is 15.4 Å². The zero-order valence-electron chi connectivity index (χ0n) is 7.46. The van der Waals surface area contributed by atoms with Gasteiger partial charge in [0.2, 0.25) is 0 Å². The molecule has 1 rings (SSSR count). The molecule has 1 aliphatic rings. The highest BCUT2D eigenvalue weighted by molar-refractivity contribution is 7.23. The van der Waals surface area contributed by atoms with Crippen LogP contribution < -0.4 is 0 Å². The van der Waals surface area contributed by atoms with Crippen LogP contribution in [0.25, 0.3) is 0 Å². The van der Waals surface area contributed by atoms with E-state index < -0.39 is 7.94 Å². The minimum absolute atomic E-state index is 0.209. The molecular weight excluding hydrogens is 163 g/mol. The molecule has 0 N–H and O–H groups in total. The van der Waals surface area contributed by atoms with Crippen LogP contribution in [0.3, 0.4) is 0 Å². The average molecular weight is 178 g/mol. The van der Waals surface area contributed by atoms with Gasteiger partial charge in [0.25, 0.3) is 0 Å². The molecule has 0 bridgehead atoms. The molecule has 0 spiro atoms. The summed E-state index contributed by atoms with van der Waals surface area (Å²) in [5.74, 6) is 0. The van der Waals surface area contributed by atoms with Gasteiger partial charge in [-0.3, -0.25) is 0 Å². The normalized spacial score (nSPS) is 24.8. The lowest BCUT2D eigenvalue weighted by molar-refractivity contribution is 0.0630. The van der Waals surface area contributed by atoms with Crippen molar-refractivity contribution in [3.63, 3.8) is 0 Å². The van der Waals surface area contributed by atoms with E-state index in [1.54, 1.807) is 0 Å². The van der Waals surface area contributed by atoms with Crippen LogP contribution >= 0.6 is 0 Å². The first-order chi connectivity index (χ1) is 5.73. The van der Waals surface area contributed by atoms with E-state index in [9.17, 15) is 0 Å². The third kappa shape index (κ3) is 1.90. The highest BCUT2D eigenvalue weighted by Gasteiger charge is 2.31. The van der Waals surface area contributed by atoms with Crippen molar-refractivity contribution in [3.05, 3.63) is 24.6 Å². The Labute approximate surface area is 76.9 Å². The summed E-state index contributed by atoms with van der Waals surface area (Å²) >= 11 is 0. The fourth-order valence-corrected chi connectivity index (χ4v) is 3.28. The monoisotopic (exact) mass is 178 g/mol. The molecule has 0 amide bonds. The Morgan fingerprint density at radius 1 is 1.33 bits per heavy atom. The lowest BCUT2D eigenvalue weighted by atomic mass is 10.2. The summed E-state index contributed by atoms with van der Waals surface area (Å²) in [4.78, 5) is 0. The summed E-state index contributed by atoms with van der Waals surface area (Å²) in [6.07, 6.45) is 3.45. The molecule has 1 heterocycles. The first-order valence-corrected chi connectivity index (χ1v) is 6.71. The Kier molecular flexibility index (Phi) is 3.35. The van der Waals surface area contributed by atoms with E-state index in [0.29, 0.717) is 0 Å². The molecule has 1 saturated heterocycles. The van der Waals surface area contributed by atoms with Crippen LogP contribution in [0.15, 0.2) is 24.6 Å². The van der Waals surface area contributed by atoms with Crippen LogP contribution in [-0.2, 0) is 4.74 Å². The molecule has 0 saturated carbocycles. The number of ether oxygens (including phenoxy) is 1. The minimum Gasteiger partial charge on any atom is -0.382 e. The summed E-state index contributed by atoms with van der Waals surface area (Å²) < 4.78 is 5.62. The topological polar surface area (TPSA) is 9.23 Å². The third-order valence-corrected chi connectivity index (χ3v) is 5.43. The van der Waals surface area contributed by atoms with Crippen LogP contribution in [0.1, 0.15) is 19.3 Å². The second-order valence-electron chi connectivity index (χ2n) is 3.26. The quantitative estimate of drug-likeness (QED) is 0.597. The zero-order chi connectivity index (χ0) is 9.03. The zero-order valence-corrected chi connectivity index (χ0v) is 8.46. The molecule has 1 nitrogen and oxygen atoms in total. The van der Waals surface area contributed by atoms with Gasteiger partial charge in [-0.2, -0.15) is 0 Å². The fourth-order valence-electron chi connectivity index (χ4n) is 1.48. The lowest BCUT2D eigenvalue weighted by Gasteiger charge is -2.33. The average Bonchev–Trinajstić information content (AvgIpc) is 2.18. The molecule has 12 heavy (non-hydrogen) atoms. The predicted octanol–water partition coefficient (Wildman–Crippen LogP) is 1.66. The SMILES string of the molecule is [B][Si](C=C)(C=C)C1CCCCO1. The highest BCUT2D eigenvalue weighted by atomic mass is 28.3. The van der Waals surface area contributed by atoms with Crippen LogP contribution in [0, 0.1) is 0 Å². The minimum atomic E-state index is -1.99. The summed E-state index contributed by atoms with van der Waals surface area (Å²) in [6, 6.07) is 0. The van der Waals surface area contributed by atoms with E-state index in [0.717, 1.165) is 19.4 Å². The van der Waals surface area contributed by atoms with E-state index in [4.69, 9.17) is 12.2 Å². The van der Waals surface area contributed by atoms with Gasteiger partial charge in [0.1, 0.15) is 0 Å². The first-order valence-electron chi connectivity index (χ1n) is 4.40. The van der Waals surface area contributed by atoms with Crippen molar-refractivity contribution >= 4 is 15.4 Å². The Hall–Kier alpha value is -0.278. The Bertz CT molecular complexity index is 167. The number of hydrogen-bond donors (Lipinski definition) is 0. The summed E-state index contributed by atoms with van der Waals surface area (Å²) in [7, 11) is 4.16. The van der Waals surface area contributed by atoms with Crippen LogP contribution in [-0.4, -0.2) is 27.7 Å². The standard InChI is InChI=1S/C9H15BOSi/c1-3-12(10,4-2)9-7-5-6-8-11-9/h3-4,9H,1-2,5-8H2.